The maximum absolute atomic E-state index is 12.2. The first-order chi connectivity index (χ1) is 11.8. The monoisotopic (exact) mass is 346 g/mol. The number of hydrogen-bond acceptors (Lipinski definition) is 4. The molecule has 0 aliphatic heterocycles. The third kappa shape index (κ3) is 5.32. The topological polar surface area (TPSA) is 52.6 Å². The predicted octanol–water partition coefficient (Wildman–Crippen LogP) is 4.46. The van der Waals surface area contributed by atoms with Gasteiger partial charge in [-0.3, -0.25) is 0 Å². The first kappa shape index (κ1) is 19.5. The van der Waals surface area contributed by atoms with Crippen LogP contribution in [0, 0.1) is 31.6 Å². The van der Waals surface area contributed by atoms with Gasteiger partial charge >= 0.3 is 11.9 Å². The third-order valence-electron chi connectivity index (χ3n) is 5.17. The van der Waals surface area contributed by atoms with Crippen LogP contribution in [0.3, 0.4) is 0 Å². The molecule has 1 aliphatic rings. The van der Waals surface area contributed by atoms with Crippen LogP contribution in [-0.4, -0.2) is 24.6 Å². The summed E-state index contributed by atoms with van der Waals surface area (Å²) < 4.78 is 10.8. The molecule has 1 fully saturated rings. The Bertz CT molecular complexity index is 620. The van der Waals surface area contributed by atoms with Gasteiger partial charge in [-0.25, -0.2) is 9.59 Å². The second-order valence-electron chi connectivity index (χ2n) is 7.75. The number of carbonyl (C=O) groups excluding carboxylic acids is 2. The van der Waals surface area contributed by atoms with E-state index in [1.54, 1.807) is 6.07 Å². The van der Waals surface area contributed by atoms with Crippen LogP contribution in [0.5, 0.6) is 0 Å². The molecule has 1 aliphatic carbocycles. The summed E-state index contributed by atoms with van der Waals surface area (Å²) in [6, 6.07) is 5.51. The SMILES string of the molecule is Cc1ccc(C(=O)OCC(=O)O[C@@H]2C[C@H](C)CC[C@@H]2C(C)C)c(C)c1. The predicted molar refractivity (Wildman–Crippen MR) is 97.4 cm³/mol. The summed E-state index contributed by atoms with van der Waals surface area (Å²) in [5, 5.41) is 0. The van der Waals surface area contributed by atoms with Gasteiger partial charge in [0, 0.05) is 0 Å². The minimum absolute atomic E-state index is 0.0731. The molecule has 25 heavy (non-hydrogen) atoms. The minimum Gasteiger partial charge on any atom is -0.460 e. The average Bonchev–Trinajstić information content (AvgIpc) is 2.52. The molecule has 3 atom stereocenters. The quantitative estimate of drug-likeness (QED) is 0.739. The van der Waals surface area contributed by atoms with E-state index in [0.29, 0.717) is 23.3 Å². The van der Waals surface area contributed by atoms with E-state index in [1.165, 1.54) is 6.42 Å². The summed E-state index contributed by atoms with van der Waals surface area (Å²) in [6.45, 7) is 10.0. The fourth-order valence-corrected chi connectivity index (χ4v) is 3.70. The molecule has 1 saturated carbocycles. The lowest BCUT2D eigenvalue weighted by molar-refractivity contribution is -0.159. The van der Waals surface area contributed by atoms with Gasteiger partial charge in [0.25, 0.3) is 0 Å². The molecule has 0 N–H and O–H groups in total. The van der Waals surface area contributed by atoms with Crippen molar-refractivity contribution in [2.24, 2.45) is 17.8 Å². The van der Waals surface area contributed by atoms with Gasteiger partial charge in [0.05, 0.1) is 5.56 Å². The normalized spacial score (nSPS) is 23.4. The molecular weight excluding hydrogens is 316 g/mol. The highest BCUT2D eigenvalue weighted by Gasteiger charge is 2.33. The van der Waals surface area contributed by atoms with E-state index >= 15 is 0 Å². The number of benzene rings is 1. The van der Waals surface area contributed by atoms with Crippen molar-refractivity contribution in [3.63, 3.8) is 0 Å². The van der Waals surface area contributed by atoms with Crippen molar-refractivity contribution in [3.8, 4) is 0 Å². The molecule has 2 rings (SSSR count). The summed E-state index contributed by atoms with van der Waals surface area (Å²) >= 11 is 0. The van der Waals surface area contributed by atoms with Crippen LogP contribution in [0.15, 0.2) is 18.2 Å². The Morgan fingerprint density at radius 2 is 1.92 bits per heavy atom. The largest absolute Gasteiger partial charge is 0.460 e. The van der Waals surface area contributed by atoms with E-state index in [-0.39, 0.29) is 12.7 Å². The van der Waals surface area contributed by atoms with Crippen molar-refractivity contribution in [1.82, 2.24) is 0 Å². The molecule has 138 valence electrons. The molecule has 0 unspecified atom stereocenters. The molecule has 4 heteroatoms. The van der Waals surface area contributed by atoms with Crippen LogP contribution in [0.4, 0.5) is 0 Å². The zero-order chi connectivity index (χ0) is 18.6. The maximum Gasteiger partial charge on any atom is 0.344 e. The lowest BCUT2D eigenvalue weighted by atomic mass is 9.75. The van der Waals surface area contributed by atoms with Gasteiger partial charge in [0.1, 0.15) is 6.10 Å². The fraction of sp³-hybridized carbons (Fsp3) is 0.619. The van der Waals surface area contributed by atoms with Crippen molar-refractivity contribution < 1.29 is 19.1 Å². The average molecular weight is 346 g/mol. The molecule has 0 amide bonds. The van der Waals surface area contributed by atoms with Gasteiger partial charge in [0.15, 0.2) is 6.61 Å². The summed E-state index contributed by atoms with van der Waals surface area (Å²) in [7, 11) is 0. The minimum atomic E-state index is -0.480. The van der Waals surface area contributed by atoms with Gasteiger partial charge < -0.3 is 9.47 Å². The second kappa shape index (κ2) is 8.50. The molecule has 0 saturated heterocycles. The van der Waals surface area contributed by atoms with Crippen molar-refractivity contribution in [2.45, 2.75) is 60.0 Å². The highest BCUT2D eigenvalue weighted by molar-refractivity contribution is 5.92. The molecule has 0 aromatic heterocycles. The fourth-order valence-electron chi connectivity index (χ4n) is 3.70. The number of esters is 2. The smallest absolute Gasteiger partial charge is 0.344 e. The van der Waals surface area contributed by atoms with Gasteiger partial charge in [-0.1, -0.05) is 44.9 Å². The van der Waals surface area contributed by atoms with Crippen LogP contribution in [0.25, 0.3) is 0 Å². The van der Waals surface area contributed by atoms with Crippen molar-refractivity contribution in [3.05, 3.63) is 34.9 Å². The zero-order valence-electron chi connectivity index (χ0n) is 16.0. The first-order valence-electron chi connectivity index (χ1n) is 9.21. The molecule has 0 radical (unpaired) electrons. The number of rotatable bonds is 5. The van der Waals surface area contributed by atoms with E-state index < -0.39 is 11.9 Å². The highest BCUT2D eigenvalue weighted by atomic mass is 16.6. The molecule has 0 heterocycles. The molecule has 0 spiro atoms. The van der Waals surface area contributed by atoms with Gasteiger partial charge in [-0.15, -0.1) is 0 Å². The zero-order valence-corrected chi connectivity index (χ0v) is 16.0. The molecular formula is C21H30O4. The third-order valence-corrected chi connectivity index (χ3v) is 5.17. The van der Waals surface area contributed by atoms with E-state index in [9.17, 15) is 9.59 Å². The Labute approximate surface area is 150 Å². The summed E-state index contributed by atoms with van der Waals surface area (Å²) in [5.74, 6) is 0.485. The Morgan fingerprint density at radius 3 is 2.56 bits per heavy atom. The summed E-state index contributed by atoms with van der Waals surface area (Å²) in [5.41, 5.74) is 2.42. The molecule has 1 aromatic rings. The van der Waals surface area contributed by atoms with Crippen molar-refractivity contribution in [2.75, 3.05) is 6.61 Å². The second-order valence-corrected chi connectivity index (χ2v) is 7.75. The van der Waals surface area contributed by atoms with Crippen LogP contribution in [0.1, 0.15) is 61.5 Å². The summed E-state index contributed by atoms with van der Waals surface area (Å²) in [6.07, 6.45) is 3.08. The van der Waals surface area contributed by atoms with Crippen LogP contribution in [0.2, 0.25) is 0 Å². The van der Waals surface area contributed by atoms with Crippen molar-refractivity contribution >= 4 is 11.9 Å². The molecule has 0 bridgehead atoms. The Balaban J connectivity index is 1.90. The van der Waals surface area contributed by atoms with Gasteiger partial charge in [-0.2, -0.15) is 0 Å². The van der Waals surface area contributed by atoms with Gasteiger partial charge in [-0.05, 0) is 56.1 Å². The standard InChI is InChI=1S/C21H30O4/c1-13(2)17-8-6-15(4)11-19(17)25-20(22)12-24-21(23)18-9-7-14(3)10-16(18)5/h7,9-10,13,15,17,19H,6,8,11-12H2,1-5H3/t15-,17-,19-/m1/s1. The van der Waals surface area contributed by atoms with E-state index in [1.807, 2.05) is 26.0 Å². The lowest BCUT2D eigenvalue weighted by Gasteiger charge is -2.36. The first-order valence-corrected chi connectivity index (χ1v) is 9.21. The number of aryl methyl sites for hydroxylation is 2. The molecule has 4 nitrogen and oxygen atoms in total. The van der Waals surface area contributed by atoms with E-state index in [0.717, 1.165) is 24.0 Å². The van der Waals surface area contributed by atoms with Crippen molar-refractivity contribution in [1.29, 1.82) is 0 Å². The number of carbonyl (C=O) groups is 2. The summed E-state index contributed by atoms with van der Waals surface area (Å²) in [4.78, 5) is 24.3. The Morgan fingerprint density at radius 1 is 1.20 bits per heavy atom. The molecule has 1 aromatic carbocycles. The van der Waals surface area contributed by atoms with E-state index in [4.69, 9.17) is 9.47 Å². The number of ether oxygens (including phenoxy) is 2. The number of hydrogen-bond donors (Lipinski definition) is 0. The Kier molecular flexibility index (Phi) is 6.63. The van der Waals surface area contributed by atoms with Crippen LogP contribution in [-0.2, 0) is 14.3 Å². The van der Waals surface area contributed by atoms with Gasteiger partial charge in [0.2, 0.25) is 0 Å². The van der Waals surface area contributed by atoms with Crippen LogP contribution < -0.4 is 0 Å². The van der Waals surface area contributed by atoms with E-state index in [2.05, 4.69) is 20.8 Å². The highest BCUT2D eigenvalue weighted by Crippen LogP contribution is 2.35. The Hall–Kier alpha value is -1.84. The maximum atomic E-state index is 12.2. The lowest BCUT2D eigenvalue weighted by Crippen LogP contribution is -2.36. The van der Waals surface area contributed by atoms with Crippen LogP contribution >= 0.6 is 0 Å².